The van der Waals surface area contributed by atoms with Gasteiger partial charge in [0.15, 0.2) is 5.82 Å². The predicted octanol–water partition coefficient (Wildman–Crippen LogP) is 4.84. The van der Waals surface area contributed by atoms with Crippen molar-refractivity contribution >= 4 is 36.4 Å². The molecule has 3 aromatic heterocycles. The third-order valence-electron chi connectivity index (χ3n) is 6.92. The van der Waals surface area contributed by atoms with Gasteiger partial charge in [-0.2, -0.15) is 5.10 Å². The zero-order chi connectivity index (χ0) is 23.2. The minimum atomic E-state index is -0.501. The van der Waals surface area contributed by atoms with E-state index in [-0.39, 0.29) is 42.3 Å². The Morgan fingerprint density at radius 2 is 1.86 bits per heavy atom. The summed E-state index contributed by atoms with van der Waals surface area (Å²) in [4.78, 5) is 17.1. The molecule has 0 unspecified atom stereocenters. The first-order chi connectivity index (χ1) is 16.6. The summed E-state index contributed by atoms with van der Waals surface area (Å²) in [6, 6.07) is 7.46. The highest BCUT2D eigenvalue weighted by Crippen LogP contribution is 2.29. The molecule has 1 saturated heterocycles. The maximum Gasteiger partial charge on any atom is 0.254 e. The van der Waals surface area contributed by atoms with Gasteiger partial charge in [0.25, 0.3) is 5.91 Å². The Labute approximate surface area is 221 Å². The number of halogens is 3. The Hall–Kier alpha value is -2.94. The van der Waals surface area contributed by atoms with Crippen LogP contribution in [-0.2, 0) is 0 Å². The Balaban J connectivity index is 0.00000152. The number of hydrogen-bond donors (Lipinski definition) is 2. The van der Waals surface area contributed by atoms with Crippen LogP contribution in [0.3, 0.4) is 0 Å². The summed E-state index contributed by atoms with van der Waals surface area (Å²) in [6.45, 7) is 3.93. The van der Waals surface area contributed by atoms with E-state index in [0.29, 0.717) is 5.92 Å². The van der Waals surface area contributed by atoms with E-state index in [2.05, 4.69) is 43.4 Å². The van der Waals surface area contributed by atoms with Gasteiger partial charge in [-0.25, -0.2) is 14.1 Å². The number of carbonyl (C=O) groups excluding carboxylic acids is 1. The number of imidazole rings is 1. The second kappa shape index (κ2) is 10.6. The van der Waals surface area contributed by atoms with Crippen LogP contribution in [0.4, 0.5) is 4.39 Å². The van der Waals surface area contributed by atoms with Crippen LogP contribution in [0.25, 0.3) is 22.6 Å². The zero-order valence-corrected chi connectivity index (χ0v) is 21.5. The lowest BCUT2D eigenvalue weighted by molar-refractivity contribution is 0.0947. The van der Waals surface area contributed by atoms with Crippen molar-refractivity contribution in [2.75, 3.05) is 13.1 Å². The van der Waals surface area contributed by atoms with Crippen LogP contribution < -0.4 is 10.6 Å². The molecule has 0 spiro atoms. The highest BCUT2D eigenvalue weighted by atomic mass is 35.5. The van der Waals surface area contributed by atoms with Gasteiger partial charge in [0, 0.05) is 24.0 Å². The molecule has 190 valence electrons. The first kappa shape index (κ1) is 26.1. The molecule has 1 amide bonds. The number of amides is 1. The van der Waals surface area contributed by atoms with Crippen molar-refractivity contribution < 1.29 is 9.18 Å². The van der Waals surface area contributed by atoms with E-state index >= 15 is 0 Å². The summed E-state index contributed by atoms with van der Waals surface area (Å²) < 4.78 is 18.4. The molecule has 7 nitrogen and oxygen atoms in total. The maximum absolute atomic E-state index is 14.6. The lowest BCUT2D eigenvalue weighted by Gasteiger charge is -2.23. The van der Waals surface area contributed by atoms with Crippen LogP contribution >= 0.6 is 24.8 Å². The van der Waals surface area contributed by atoms with Gasteiger partial charge in [-0.1, -0.05) is 6.07 Å². The topological polar surface area (TPSA) is 76.2 Å². The van der Waals surface area contributed by atoms with Gasteiger partial charge in [0.2, 0.25) is 0 Å². The van der Waals surface area contributed by atoms with Crippen LogP contribution in [0, 0.1) is 12.7 Å². The molecule has 4 heterocycles. The molecule has 6 rings (SSSR count). The molecule has 10 heteroatoms. The summed E-state index contributed by atoms with van der Waals surface area (Å²) in [5.74, 6) is 0.513. The van der Waals surface area contributed by atoms with Gasteiger partial charge in [-0.05, 0) is 86.5 Å². The molecule has 2 fully saturated rings. The third-order valence-corrected chi connectivity index (χ3v) is 6.92. The lowest BCUT2D eigenvalue weighted by atomic mass is 9.91. The molecule has 36 heavy (non-hydrogen) atoms. The summed E-state index contributed by atoms with van der Waals surface area (Å²) in [7, 11) is 0. The van der Waals surface area contributed by atoms with E-state index < -0.39 is 5.82 Å². The fourth-order valence-electron chi connectivity index (χ4n) is 4.79. The number of aromatic nitrogens is 4. The van der Waals surface area contributed by atoms with Crippen molar-refractivity contribution in [1.82, 2.24) is 29.8 Å². The molecule has 2 aliphatic rings. The summed E-state index contributed by atoms with van der Waals surface area (Å²) >= 11 is 0. The van der Waals surface area contributed by atoms with Crippen LogP contribution in [0.1, 0.15) is 53.1 Å². The van der Waals surface area contributed by atoms with Crippen LogP contribution in [0.15, 0.2) is 49.1 Å². The number of aryl methyl sites for hydroxylation is 1. The van der Waals surface area contributed by atoms with Gasteiger partial charge in [-0.15, -0.1) is 24.8 Å². The number of nitrogens with one attached hydrogen (secondary N) is 2. The minimum absolute atomic E-state index is 0. The quantitative estimate of drug-likeness (QED) is 0.387. The number of nitrogens with zero attached hydrogens (tertiary/aromatic N) is 4. The minimum Gasteiger partial charge on any atom is -0.349 e. The van der Waals surface area contributed by atoms with E-state index in [1.807, 2.05) is 19.3 Å². The van der Waals surface area contributed by atoms with Crippen molar-refractivity contribution in [3.05, 3.63) is 71.6 Å². The van der Waals surface area contributed by atoms with Gasteiger partial charge < -0.3 is 10.6 Å². The highest BCUT2D eigenvalue weighted by molar-refractivity contribution is 5.96. The third kappa shape index (κ3) is 4.98. The van der Waals surface area contributed by atoms with Crippen molar-refractivity contribution in [2.45, 2.75) is 44.6 Å². The molecule has 0 radical (unpaired) electrons. The maximum atomic E-state index is 14.6. The number of hydrogen-bond acceptors (Lipinski definition) is 4. The number of benzene rings is 1. The second-order valence-corrected chi connectivity index (χ2v) is 9.40. The highest BCUT2D eigenvalue weighted by Gasteiger charge is 2.26. The van der Waals surface area contributed by atoms with Gasteiger partial charge >= 0.3 is 0 Å². The fraction of sp³-hybridized carbons (Fsp3) is 0.346. The summed E-state index contributed by atoms with van der Waals surface area (Å²) in [6.07, 6.45) is 11.8. The molecule has 1 aromatic carbocycles. The Kier molecular flexibility index (Phi) is 7.68. The molecule has 2 N–H and O–H groups in total. The monoisotopic (exact) mass is 530 g/mol. The first-order valence-electron chi connectivity index (χ1n) is 11.9. The normalized spacial score (nSPS) is 15.8. The van der Waals surface area contributed by atoms with Crippen LogP contribution in [0.2, 0.25) is 0 Å². The standard InChI is InChI=1S/C26H27FN6O.2ClH/c1-16-10-23(27)22(26(34)31-20-3-4-20)11-21(16)19-12-30-33(15-19)25-13-29-24-5-2-18(14-32(24)25)17-6-8-28-9-7-17;;/h2,5,10-15,17,20,28H,3-4,6-9H2,1H3,(H,31,34);2*1H. The van der Waals surface area contributed by atoms with Gasteiger partial charge in [0.1, 0.15) is 11.5 Å². The smallest absolute Gasteiger partial charge is 0.254 e. The molecule has 1 aliphatic carbocycles. The largest absolute Gasteiger partial charge is 0.349 e. The van der Waals surface area contributed by atoms with E-state index in [1.54, 1.807) is 16.9 Å². The Morgan fingerprint density at radius 1 is 1.08 bits per heavy atom. The SMILES string of the molecule is Cc1cc(F)c(C(=O)NC2CC2)cc1-c1cnn(-c2cnc3ccc(C4CCNCC4)cn23)c1.Cl.Cl. The molecular formula is C26H29Cl2FN6O. The van der Waals surface area contributed by atoms with Crippen molar-refractivity contribution in [1.29, 1.82) is 0 Å². The molecule has 1 aliphatic heterocycles. The summed E-state index contributed by atoms with van der Waals surface area (Å²) in [5, 5.41) is 10.9. The molecule has 4 aromatic rings. The number of pyridine rings is 1. The fourth-order valence-corrected chi connectivity index (χ4v) is 4.79. The van der Waals surface area contributed by atoms with Crippen molar-refractivity contribution in [2.24, 2.45) is 0 Å². The molecule has 0 atom stereocenters. The van der Waals surface area contributed by atoms with E-state index in [9.17, 15) is 9.18 Å². The van der Waals surface area contributed by atoms with E-state index in [4.69, 9.17) is 0 Å². The number of carbonyl (C=O) groups is 1. The van der Waals surface area contributed by atoms with Gasteiger partial charge in [-0.3, -0.25) is 9.20 Å². The number of rotatable bonds is 5. The van der Waals surface area contributed by atoms with Crippen LogP contribution in [-0.4, -0.2) is 44.2 Å². The first-order valence-corrected chi connectivity index (χ1v) is 11.9. The Bertz CT molecular complexity index is 1390. The van der Waals surface area contributed by atoms with Crippen molar-refractivity contribution in [3.8, 4) is 16.9 Å². The molecule has 1 saturated carbocycles. The number of piperidine rings is 1. The lowest BCUT2D eigenvalue weighted by Crippen LogP contribution is -2.26. The van der Waals surface area contributed by atoms with Gasteiger partial charge in [0.05, 0.1) is 18.0 Å². The average molecular weight is 531 g/mol. The van der Waals surface area contributed by atoms with E-state index in [1.165, 1.54) is 11.6 Å². The number of fused-ring (bicyclic) bond motifs is 1. The van der Waals surface area contributed by atoms with Crippen molar-refractivity contribution in [3.63, 3.8) is 0 Å². The molecule has 0 bridgehead atoms. The summed E-state index contributed by atoms with van der Waals surface area (Å²) in [5.41, 5.74) is 4.61. The average Bonchev–Trinajstić information content (AvgIpc) is 3.36. The second-order valence-electron chi connectivity index (χ2n) is 9.40. The van der Waals surface area contributed by atoms with E-state index in [0.717, 1.165) is 66.9 Å². The molecular weight excluding hydrogens is 502 g/mol. The zero-order valence-electron chi connectivity index (χ0n) is 19.9. The predicted molar refractivity (Wildman–Crippen MR) is 142 cm³/mol. The Morgan fingerprint density at radius 3 is 2.61 bits per heavy atom. The van der Waals surface area contributed by atoms with Crippen LogP contribution in [0.5, 0.6) is 0 Å².